The Morgan fingerprint density at radius 2 is 1.55 bits per heavy atom. The molecule has 0 saturated heterocycles. The van der Waals surface area contributed by atoms with E-state index in [1.165, 1.54) is 11.1 Å². The summed E-state index contributed by atoms with van der Waals surface area (Å²) in [6.07, 6.45) is 4.17. The molecule has 0 amide bonds. The van der Waals surface area contributed by atoms with Gasteiger partial charge in [-0.1, -0.05) is 54.1 Å². The third-order valence-electron chi connectivity index (χ3n) is 3.41. The van der Waals surface area contributed by atoms with Gasteiger partial charge in [0.15, 0.2) is 18.9 Å². The number of ether oxygens (including phenoxy) is 1. The van der Waals surface area contributed by atoms with Gasteiger partial charge < -0.3 is 4.74 Å². The minimum atomic E-state index is 0.576. The molecule has 2 nitrogen and oxygen atoms in total. The number of aromatic nitrogens is 1. The molecule has 22 heavy (non-hydrogen) atoms. The lowest BCUT2D eigenvalue weighted by Crippen LogP contribution is -2.36. The Balaban J connectivity index is 1.65. The van der Waals surface area contributed by atoms with Crippen LogP contribution in [0.25, 0.3) is 11.1 Å². The van der Waals surface area contributed by atoms with Gasteiger partial charge in [-0.3, -0.25) is 0 Å². The fraction of sp³-hybridized carbons (Fsp3) is 0.105. The fourth-order valence-corrected chi connectivity index (χ4v) is 2.48. The quantitative estimate of drug-likeness (QED) is 0.638. The van der Waals surface area contributed by atoms with Crippen molar-refractivity contribution in [2.24, 2.45) is 0 Å². The van der Waals surface area contributed by atoms with Crippen molar-refractivity contribution < 1.29 is 9.30 Å². The van der Waals surface area contributed by atoms with Gasteiger partial charge in [0.25, 0.3) is 0 Å². The first-order valence-electron chi connectivity index (χ1n) is 7.25. The second-order valence-electron chi connectivity index (χ2n) is 4.98. The van der Waals surface area contributed by atoms with Crippen LogP contribution in [-0.2, 0) is 6.54 Å². The lowest BCUT2D eigenvalue weighted by molar-refractivity contribution is -0.697. The summed E-state index contributed by atoms with van der Waals surface area (Å²) in [5, 5.41) is 0.644. The molecule has 0 radical (unpaired) electrons. The largest absolute Gasteiger partial charge is 0.485 e. The number of nitrogens with zero attached hydrogens (tertiary/aromatic N) is 1. The standard InChI is InChI=1S/C19H17ClNO/c20-18-10-4-5-11-19(18)22-14-13-21-12-6-9-17(15-21)16-7-2-1-3-8-16/h1-12,15H,13-14H2/q+1. The Kier molecular flexibility index (Phi) is 4.71. The van der Waals surface area contributed by atoms with E-state index in [0.717, 1.165) is 12.3 Å². The molecule has 1 heterocycles. The van der Waals surface area contributed by atoms with Crippen molar-refractivity contribution in [3.05, 3.63) is 84.1 Å². The number of para-hydroxylation sites is 1. The van der Waals surface area contributed by atoms with E-state index in [4.69, 9.17) is 16.3 Å². The van der Waals surface area contributed by atoms with Crippen LogP contribution in [0, 0.1) is 0 Å². The Hall–Kier alpha value is -2.32. The topological polar surface area (TPSA) is 13.1 Å². The van der Waals surface area contributed by atoms with Crippen molar-refractivity contribution in [3.63, 3.8) is 0 Å². The molecule has 110 valence electrons. The van der Waals surface area contributed by atoms with E-state index >= 15 is 0 Å². The normalized spacial score (nSPS) is 10.4. The lowest BCUT2D eigenvalue weighted by Gasteiger charge is -2.06. The van der Waals surface area contributed by atoms with E-state index < -0.39 is 0 Å². The van der Waals surface area contributed by atoms with E-state index in [2.05, 4.69) is 35.0 Å². The third-order valence-corrected chi connectivity index (χ3v) is 3.72. The zero-order valence-electron chi connectivity index (χ0n) is 12.2. The first kappa shape index (κ1) is 14.6. The molecule has 0 atom stereocenters. The molecule has 3 heteroatoms. The monoisotopic (exact) mass is 310 g/mol. The molecule has 3 aromatic rings. The number of benzene rings is 2. The van der Waals surface area contributed by atoms with Crippen LogP contribution in [0.3, 0.4) is 0 Å². The van der Waals surface area contributed by atoms with Crippen molar-refractivity contribution >= 4 is 11.6 Å². The maximum absolute atomic E-state index is 6.08. The summed E-state index contributed by atoms with van der Waals surface area (Å²) in [5.41, 5.74) is 2.41. The summed E-state index contributed by atoms with van der Waals surface area (Å²) in [4.78, 5) is 0. The van der Waals surface area contributed by atoms with Gasteiger partial charge in [-0.05, 0) is 23.8 Å². The second kappa shape index (κ2) is 7.10. The average Bonchev–Trinajstić information content (AvgIpc) is 2.58. The number of pyridine rings is 1. The number of rotatable bonds is 5. The van der Waals surface area contributed by atoms with Crippen molar-refractivity contribution in [1.29, 1.82) is 0 Å². The summed E-state index contributed by atoms with van der Waals surface area (Å²) >= 11 is 6.08. The van der Waals surface area contributed by atoms with E-state index in [9.17, 15) is 0 Å². The zero-order chi connectivity index (χ0) is 15.2. The highest BCUT2D eigenvalue weighted by Gasteiger charge is 2.06. The van der Waals surface area contributed by atoms with Crippen LogP contribution in [0.4, 0.5) is 0 Å². The lowest BCUT2D eigenvalue weighted by atomic mass is 10.1. The molecule has 0 saturated carbocycles. The second-order valence-corrected chi connectivity index (χ2v) is 5.38. The van der Waals surface area contributed by atoms with Crippen LogP contribution in [0.5, 0.6) is 5.75 Å². The molecule has 0 bridgehead atoms. The van der Waals surface area contributed by atoms with Crippen molar-refractivity contribution in [2.75, 3.05) is 6.61 Å². The molecule has 0 aliphatic rings. The summed E-state index contributed by atoms with van der Waals surface area (Å²) in [5.74, 6) is 0.726. The molecule has 0 aliphatic carbocycles. The van der Waals surface area contributed by atoms with Gasteiger partial charge >= 0.3 is 0 Å². The van der Waals surface area contributed by atoms with E-state index in [0.29, 0.717) is 11.6 Å². The molecule has 0 N–H and O–H groups in total. The highest BCUT2D eigenvalue weighted by atomic mass is 35.5. The van der Waals surface area contributed by atoms with Crippen LogP contribution >= 0.6 is 11.6 Å². The summed E-state index contributed by atoms with van der Waals surface area (Å²) in [6, 6.07) is 22.0. The Morgan fingerprint density at radius 1 is 0.818 bits per heavy atom. The summed E-state index contributed by atoms with van der Waals surface area (Å²) < 4.78 is 7.86. The predicted molar refractivity (Wildman–Crippen MR) is 89.0 cm³/mol. The molecule has 0 fully saturated rings. The number of halogens is 1. The predicted octanol–water partition coefficient (Wildman–Crippen LogP) is 4.37. The van der Waals surface area contributed by atoms with E-state index in [-0.39, 0.29) is 0 Å². The molecular weight excluding hydrogens is 294 g/mol. The van der Waals surface area contributed by atoms with Gasteiger partial charge in [-0.2, -0.15) is 0 Å². The molecule has 2 aromatic carbocycles. The minimum Gasteiger partial charge on any atom is -0.485 e. The summed E-state index contributed by atoms with van der Waals surface area (Å²) in [7, 11) is 0. The van der Waals surface area contributed by atoms with Crippen LogP contribution < -0.4 is 9.30 Å². The number of hydrogen-bond donors (Lipinski definition) is 0. The Labute approximate surface area is 135 Å². The molecule has 0 unspecified atom stereocenters. The van der Waals surface area contributed by atoms with Gasteiger partial charge in [0, 0.05) is 11.6 Å². The van der Waals surface area contributed by atoms with Crippen molar-refractivity contribution in [3.8, 4) is 16.9 Å². The molecule has 0 spiro atoms. The first-order valence-corrected chi connectivity index (χ1v) is 7.62. The molecule has 3 rings (SSSR count). The van der Waals surface area contributed by atoms with Gasteiger partial charge in [-0.25, -0.2) is 4.57 Å². The maximum atomic E-state index is 6.08. The average molecular weight is 311 g/mol. The zero-order valence-corrected chi connectivity index (χ0v) is 12.9. The van der Waals surface area contributed by atoms with Crippen molar-refractivity contribution in [2.45, 2.75) is 6.54 Å². The maximum Gasteiger partial charge on any atom is 0.182 e. The summed E-state index contributed by atoms with van der Waals surface area (Å²) in [6.45, 7) is 1.35. The van der Waals surface area contributed by atoms with Crippen LogP contribution in [0.15, 0.2) is 79.1 Å². The first-order chi connectivity index (χ1) is 10.8. The highest BCUT2D eigenvalue weighted by molar-refractivity contribution is 6.32. The van der Waals surface area contributed by atoms with Crippen LogP contribution in [0.1, 0.15) is 0 Å². The molecular formula is C19H17ClNO+. The van der Waals surface area contributed by atoms with Gasteiger partial charge in [0.1, 0.15) is 12.4 Å². The highest BCUT2D eigenvalue weighted by Crippen LogP contribution is 2.22. The minimum absolute atomic E-state index is 0.576. The van der Waals surface area contributed by atoms with Crippen LogP contribution in [-0.4, -0.2) is 6.61 Å². The Bertz CT molecular complexity index is 743. The third kappa shape index (κ3) is 3.66. The van der Waals surface area contributed by atoms with Crippen molar-refractivity contribution in [1.82, 2.24) is 0 Å². The van der Waals surface area contributed by atoms with Gasteiger partial charge in [0.2, 0.25) is 0 Å². The molecule has 1 aromatic heterocycles. The van der Waals surface area contributed by atoms with Gasteiger partial charge in [0.05, 0.1) is 5.02 Å². The van der Waals surface area contributed by atoms with Gasteiger partial charge in [-0.15, -0.1) is 0 Å². The SMILES string of the molecule is Clc1ccccc1OCC[n+]1cccc(-c2ccccc2)c1. The fourth-order valence-electron chi connectivity index (χ4n) is 2.29. The Morgan fingerprint density at radius 3 is 2.36 bits per heavy atom. The molecule has 0 aliphatic heterocycles. The van der Waals surface area contributed by atoms with E-state index in [1.54, 1.807) is 0 Å². The van der Waals surface area contributed by atoms with E-state index in [1.807, 2.05) is 48.7 Å². The smallest absolute Gasteiger partial charge is 0.182 e. The van der Waals surface area contributed by atoms with Crippen LogP contribution in [0.2, 0.25) is 5.02 Å². The number of hydrogen-bond acceptors (Lipinski definition) is 1.